The molecule has 0 radical (unpaired) electrons. The van der Waals surface area contributed by atoms with Crippen LogP contribution in [0, 0.1) is 0 Å². The Bertz CT molecular complexity index is 682. The number of fused-ring (bicyclic) bond motifs is 1. The normalized spacial score (nSPS) is 12.3. The first kappa shape index (κ1) is 11.6. The molecule has 1 N–H and O–H groups in total. The van der Waals surface area contributed by atoms with E-state index in [1.54, 1.807) is 12.4 Å². The highest BCUT2D eigenvalue weighted by Crippen LogP contribution is 2.17. The smallest absolute Gasteiger partial charge is 0.223 e. The summed E-state index contributed by atoms with van der Waals surface area (Å²) in [4.78, 5) is 12.9. The first-order valence-electron chi connectivity index (χ1n) is 6.21. The van der Waals surface area contributed by atoms with Gasteiger partial charge in [0.1, 0.15) is 0 Å². The van der Waals surface area contributed by atoms with Gasteiger partial charge in [-0.05, 0) is 30.7 Å². The molecule has 2 aromatic heterocycles. The van der Waals surface area contributed by atoms with E-state index in [-0.39, 0.29) is 6.04 Å². The quantitative estimate of drug-likeness (QED) is 0.775. The Morgan fingerprint density at radius 2 is 1.84 bits per heavy atom. The molecule has 1 aromatic carbocycles. The summed E-state index contributed by atoms with van der Waals surface area (Å²) in [5.74, 6) is 0.642. The van der Waals surface area contributed by atoms with E-state index in [2.05, 4.69) is 27.2 Å². The zero-order valence-corrected chi connectivity index (χ0v) is 10.6. The maximum Gasteiger partial charge on any atom is 0.223 e. The van der Waals surface area contributed by atoms with E-state index < -0.39 is 0 Å². The van der Waals surface area contributed by atoms with Crippen LogP contribution in [0.3, 0.4) is 0 Å². The summed E-state index contributed by atoms with van der Waals surface area (Å²) >= 11 is 0. The highest BCUT2D eigenvalue weighted by atomic mass is 15.1. The first-order chi connectivity index (χ1) is 9.33. The molecule has 3 rings (SSSR count). The van der Waals surface area contributed by atoms with Gasteiger partial charge in [-0.15, -0.1) is 0 Å². The minimum atomic E-state index is 0.143. The number of rotatable bonds is 3. The fourth-order valence-corrected chi connectivity index (χ4v) is 1.97. The lowest BCUT2D eigenvalue weighted by Gasteiger charge is -2.13. The first-order valence-corrected chi connectivity index (χ1v) is 6.21. The topological polar surface area (TPSA) is 50.7 Å². The third-order valence-corrected chi connectivity index (χ3v) is 3.04. The molecule has 0 aliphatic heterocycles. The Labute approximate surface area is 111 Å². The predicted molar refractivity (Wildman–Crippen MR) is 75.8 cm³/mol. The van der Waals surface area contributed by atoms with Crippen LogP contribution in [0.4, 0.5) is 5.95 Å². The molecule has 0 saturated carbocycles. The molecule has 19 heavy (non-hydrogen) atoms. The fourth-order valence-electron chi connectivity index (χ4n) is 1.97. The highest BCUT2D eigenvalue weighted by Gasteiger charge is 2.06. The van der Waals surface area contributed by atoms with Crippen molar-refractivity contribution < 1.29 is 0 Å². The van der Waals surface area contributed by atoms with Gasteiger partial charge in [0.15, 0.2) is 0 Å². The van der Waals surface area contributed by atoms with Gasteiger partial charge >= 0.3 is 0 Å². The third-order valence-electron chi connectivity index (χ3n) is 3.04. The average Bonchev–Trinajstić information content (AvgIpc) is 2.48. The number of nitrogens with zero attached hydrogens (tertiary/aromatic N) is 3. The monoisotopic (exact) mass is 250 g/mol. The third kappa shape index (κ3) is 2.52. The zero-order valence-electron chi connectivity index (χ0n) is 10.6. The molecule has 0 aliphatic carbocycles. The average molecular weight is 250 g/mol. The summed E-state index contributed by atoms with van der Waals surface area (Å²) in [7, 11) is 0. The Hall–Kier alpha value is -2.49. The van der Waals surface area contributed by atoms with Crippen LogP contribution in [0.5, 0.6) is 0 Å². The Balaban J connectivity index is 1.85. The number of benzene rings is 1. The molecule has 0 spiro atoms. The van der Waals surface area contributed by atoms with Crippen LogP contribution in [0.25, 0.3) is 10.9 Å². The largest absolute Gasteiger partial charge is 0.348 e. The molecular formula is C15H14N4. The second kappa shape index (κ2) is 5.02. The molecule has 1 unspecified atom stereocenters. The Kier molecular flexibility index (Phi) is 3.06. The summed E-state index contributed by atoms with van der Waals surface area (Å²) in [6.45, 7) is 2.08. The Morgan fingerprint density at radius 3 is 2.68 bits per heavy atom. The number of hydrogen-bond donors (Lipinski definition) is 1. The van der Waals surface area contributed by atoms with Crippen molar-refractivity contribution in [1.82, 2.24) is 15.0 Å². The van der Waals surface area contributed by atoms with E-state index in [4.69, 9.17) is 0 Å². The van der Waals surface area contributed by atoms with Crippen molar-refractivity contribution in [3.63, 3.8) is 0 Å². The Morgan fingerprint density at radius 1 is 1.05 bits per heavy atom. The zero-order chi connectivity index (χ0) is 13.1. The molecule has 0 aliphatic rings. The van der Waals surface area contributed by atoms with Crippen molar-refractivity contribution >= 4 is 16.9 Å². The minimum Gasteiger partial charge on any atom is -0.348 e. The van der Waals surface area contributed by atoms with E-state index in [1.165, 1.54) is 0 Å². The molecule has 2 heterocycles. The van der Waals surface area contributed by atoms with E-state index in [1.807, 2.05) is 42.6 Å². The minimum absolute atomic E-state index is 0.143. The second-order valence-electron chi connectivity index (χ2n) is 4.40. The molecular weight excluding hydrogens is 236 g/mol. The fraction of sp³-hybridized carbons (Fsp3) is 0.133. The van der Waals surface area contributed by atoms with Crippen molar-refractivity contribution in [2.75, 3.05) is 5.32 Å². The summed E-state index contributed by atoms with van der Waals surface area (Å²) in [6.07, 6.45) is 5.41. The summed E-state index contributed by atoms with van der Waals surface area (Å²) in [5, 5.41) is 4.35. The van der Waals surface area contributed by atoms with Crippen LogP contribution in [-0.2, 0) is 0 Å². The molecule has 0 saturated heterocycles. The van der Waals surface area contributed by atoms with Crippen molar-refractivity contribution in [2.45, 2.75) is 13.0 Å². The molecule has 0 amide bonds. The van der Waals surface area contributed by atoms with Gasteiger partial charge in [0.25, 0.3) is 0 Å². The van der Waals surface area contributed by atoms with Gasteiger partial charge in [-0.25, -0.2) is 9.97 Å². The van der Waals surface area contributed by atoms with Crippen molar-refractivity contribution in [2.24, 2.45) is 0 Å². The SMILES string of the molecule is CC(Nc1ncc2ccccc2n1)c1ccncc1. The molecule has 0 fully saturated rings. The highest BCUT2D eigenvalue weighted by molar-refractivity contribution is 5.78. The number of pyridine rings is 1. The van der Waals surface area contributed by atoms with Crippen LogP contribution >= 0.6 is 0 Å². The van der Waals surface area contributed by atoms with E-state index in [9.17, 15) is 0 Å². The van der Waals surface area contributed by atoms with Gasteiger partial charge in [-0.3, -0.25) is 4.98 Å². The second-order valence-corrected chi connectivity index (χ2v) is 4.40. The van der Waals surface area contributed by atoms with Crippen LogP contribution in [0.1, 0.15) is 18.5 Å². The van der Waals surface area contributed by atoms with Gasteiger partial charge in [-0.2, -0.15) is 0 Å². The van der Waals surface area contributed by atoms with Gasteiger partial charge in [0, 0.05) is 24.0 Å². The van der Waals surface area contributed by atoms with Gasteiger partial charge < -0.3 is 5.32 Å². The number of para-hydroxylation sites is 1. The van der Waals surface area contributed by atoms with Crippen LogP contribution in [-0.4, -0.2) is 15.0 Å². The van der Waals surface area contributed by atoms with Gasteiger partial charge in [-0.1, -0.05) is 18.2 Å². The number of aromatic nitrogens is 3. The van der Waals surface area contributed by atoms with Crippen LogP contribution < -0.4 is 5.32 Å². The van der Waals surface area contributed by atoms with Crippen molar-refractivity contribution in [1.29, 1.82) is 0 Å². The van der Waals surface area contributed by atoms with Gasteiger partial charge in [0.2, 0.25) is 5.95 Å². The molecule has 94 valence electrons. The summed E-state index contributed by atoms with van der Waals surface area (Å²) in [6, 6.07) is 12.1. The van der Waals surface area contributed by atoms with Crippen LogP contribution in [0.15, 0.2) is 55.0 Å². The van der Waals surface area contributed by atoms with Crippen molar-refractivity contribution in [3.05, 3.63) is 60.6 Å². The summed E-state index contributed by atoms with van der Waals surface area (Å²) < 4.78 is 0. The molecule has 1 atom stereocenters. The van der Waals surface area contributed by atoms with E-state index in [0.29, 0.717) is 5.95 Å². The maximum atomic E-state index is 4.50. The predicted octanol–water partition coefficient (Wildman–Crippen LogP) is 3.20. The number of nitrogens with one attached hydrogen (secondary N) is 1. The van der Waals surface area contributed by atoms with Gasteiger partial charge in [0.05, 0.1) is 11.6 Å². The maximum absolute atomic E-state index is 4.50. The lowest BCUT2D eigenvalue weighted by atomic mass is 10.1. The van der Waals surface area contributed by atoms with E-state index in [0.717, 1.165) is 16.5 Å². The summed E-state index contributed by atoms with van der Waals surface area (Å²) in [5.41, 5.74) is 2.11. The molecule has 3 aromatic rings. The van der Waals surface area contributed by atoms with Crippen LogP contribution in [0.2, 0.25) is 0 Å². The lowest BCUT2D eigenvalue weighted by molar-refractivity contribution is 0.860. The standard InChI is InChI=1S/C15H14N4/c1-11(12-6-8-16-9-7-12)18-15-17-10-13-4-2-3-5-14(13)19-15/h2-11H,1H3,(H,17,18,19). The number of anilines is 1. The van der Waals surface area contributed by atoms with Crippen molar-refractivity contribution in [3.8, 4) is 0 Å². The molecule has 4 heteroatoms. The number of hydrogen-bond acceptors (Lipinski definition) is 4. The van der Waals surface area contributed by atoms with E-state index >= 15 is 0 Å². The molecule has 0 bridgehead atoms. The molecule has 4 nitrogen and oxygen atoms in total. The lowest BCUT2D eigenvalue weighted by Crippen LogP contribution is -2.09.